The van der Waals surface area contributed by atoms with Gasteiger partial charge in [-0.15, -0.1) is 11.3 Å². The SMILES string of the molecule is COc1cc(NC(=O)c2c(O)c3sccc3[nH]c2=O)cc(OC)c1. The number of rotatable bonds is 4. The summed E-state index contributed by atoms with van der Waals surface area (Å²) in [6.07, 6.45) is 0. The first-order chi connectivity index (χ1) is 11.5. The lowest BCUT2D eigenvalue weighted by molar-refractivity contribution is 0.102. The number of thiophene rings is 1. The molecule has 0 radical (unpaired) electrons. The zero-order valence-electron chi connectivity index (χ0n) is 12.9. The fraction of sp³-hybridized carbons (Fsp3) is 0.125. The van der Waals surface area contributed by atoms with Gasteiger partial charge in [-0.2, -0.15) is 0 Å². The Kier molecular flexibility index (Phi) is 4.13. The maximum atomic E-state index is 12.5. The minimum atomic E-state index is -0.723. The van der Waals surface area contributed by atoms with E-state index in [1.807, 2.05) is 0 Å². The highest BCUT2D eigenvalue weighted by Crippen LogP contribution is 2.31. The quantitative estimate of drug-likeness (QED) is 0.674. The number of carbonyl (C=O) groups is 1. The van der Waals surface area contributed by atoms with E-state index in [-0.39, 0.29) is 11.3 Å². The minimum absolute atomic E-state index is 0.337. The van der Waals surface area contributed by atoms with Crippen molar-refractivity contribution >= 4 is 33.1 Å². The number of fused-ring (bicyclic) bond motifs is 1. The molecule has 3 rings (SSSR count). The summed E-state index contributed by atoms with van der Waals surface area (Å²) in [6.45, 7) is 0. The lowest BCUT2D eigenvalue weighted by Crippen LogP contribution is -2.23. The highest BCUT2D eigenvalue weighted by Gasteiger charge is 2.20. The molecule has 8 heteroatoms. The van der Waals surface area contributed by atoms with Crippen molar-refractivity contribution in [3.8, 4) is 17.2 Å². The van der Waals surface area contributed by atoms with Gasteiger partial charge in [0.15, 0.2) is 5.75 Å². The fourth-order valence-electron chi connectivity index (χ4n) is 2.28. The number of hydrogen-bond acceptors (Lipinski definition) is 6. The predicted octanol–water partition coefficient (Wildman–Crippen LogP) is 2.56. The summed E-state index contributed by atoms with van der Waals surface area (Å²) in [5.74, 6) is -0.0940. The van der Waals surface area contributed by atoms with Crippen LogP contribution in [0.2, 0.25) is 0 Å². The van der Waals surface area contributed by atoms with Crippen LogP contribution < -0.4 is 20.3 Å². The van der Waals surface area contributed by atoms with Crippen molar-refractivity contribution in [2.75, 3.05) is 19.5 Å². The van der Waals surface area contributed by atoms with Crippen LogP contribution in [0.5, 0.6) is 17.2 Å². The molecule has 0 aliphatic rings. The molecule has 0 spiro atoms. The van der Waals surface area contributed by atoms with Gasteiger partial charge in [0.1, 0.15) is 17.1 Å². The molecule has 0 unspecified atom stereocenters. The first kappa shape index (κ1) is 15.9. The number of nitrogens with one attached hydrogen (secondary N) is 2. The van der Waals surface area contributed by atoms with Crippen molar-refractivity contribution in [3.63, 3.8) is 0 Å². The largest absolute Gasteiger partial charge is 0.505 e. The molecule has 0 aliphatic carbocycles. The van der Waals surface area contributed by atoms with Crippen LogP contribution in [0.1, 0.15) is 10.4 Å². The van der Waals surface area contributed by atoms with E-state index >= 15 is 0 Å². The van der Waals surface area contributed by atoms with E-state index < -0.39 is 11.5 Å². The Bertz CT molecular complexity index is 954. The van der Waals surface area contributed by atoms with E-state index in [4.69, 9.17) is 9.47 Å². The molecule has 124 valence electrons. The van der Waals surface area contributed by atoms with Gasteiger partial charge in [-0.25, -0.2) is 0 Å². The number of aromatic hydroxyl groups is 1. The third kappa shape index (κ3) is 2.79. The molecule has 0 atom stereocenters. The van der Waals surface area contributed by atoms with E-state index in [1.54, 1.807) is 29.6 Å². The van der Waals surface area contributed by atoms with Crippen molar-refractivity contribution in [1.82, 2.24) is 4.98 Å². The number of benzene rings is 1. The molecule has 3 aromatic rings. The van der Waals surface area contributed by atoms with E-state index in [1.165, 1.54) is 25.6 Å². The van der Waals surface area contributed by atoms with Gasteiger partial charge < -0.3 is 24.9 Å². The van der Waals surface area contributed by atoms with E-state index in [0.29, 0.717) is 27.4 Å². The van der Waals surface area contributed by atoms with Crippen LogP contribution in [0.25, 0.3) is 10.2 Å². The Hall–Kier alpha value is -3.00. The second-order valence-electron chi connectivity index (χ2n) is 4.90. The van der Waals surface area contributed by atoms with Gasteiger partial charge in [-0.05, 0) is 11.4 Å². The van der Waals surface area contributed by atoms with Crippen LogP contribution in [0.4, 0.5) is 5.69 Å². The summed E-state index contributed by atoms with van der Waals surface area (Å²) in [5.41, 5.74) is -0.138. The number of carbonyl (C=O) groups excluding carboxylic acids is 1. The van der Waals surface area contributed by atoms with Gasteiger partial charge in [0.25, 0.3) is 11.5 Å². The Labute approximate surface area is 140 Å². The van der Waals surface area contributed by atoms with Crippen molar-refractivity contribution in [3.05, 3.63) is 45.6 Å². The summed E-state index contributed by atoms with van der Waals surface area (Å²) in [4.78, 5) is 27.1. The lowest BCUT2D eigenvalue weighted by atomic mass is 10.2. The summed E-state index contributed by atoms with van der Waals surface area (Å²) in [5, 5.41) is 14.5. The van der Waals surface area contributed by atoms with Crippen LogP contribution in [0.3, 0.4) is 0 Å². The van der Waals surface area contributed by atoms with Crippen LogP contribution in [0.15, 0.2) is 34.4 Å². The molecule has 2 heterocycles. The maximum Gasteiger partial charge on any atom is 0.265 e. The Morgan fingerprint density at radius 2 is 1.88 bits per heavy atom. The van der Waals surface area contributed by atoms with Crippen molar-refractivity contribution in [1.29, 1.82) is 0 Å². The smallest absolute Gasteiger partial charge is 0.265 e. The third-order valence-electron chi connectivity index (χ3n) is 3.43. The summed E-state index contributed by atoms with van der Waals surface area (Å²) >= 11 is 1.23. The molecule has 0 bridgehead atoms. The van der Waals surface area contributed by atoms with Gasteiger partial charge in [-0.3, -0.25) is 9.59 Å². The standard InChI is InChI=1S/C16H14N2O5S/c1-22-9-5-8(6-10(7-9)23-2)17-15(20)12-13(19)14-11(3-4-24-14)18-16(12)21/h3-7H,1-2H3,(H,17,20)(H2,18,19,21). The Morgan fingerprint density at radius 3 is 2.50 bits per heavy atom. The zero-order chi connectivity index (χ0) is 17.3. The lowest BCUT2D eigenvalue weighted by Gasteiger charge is -2.10. The summed E-state index contributed by atoms with van der Waals surface area (Å²) in [6, 6.07) is 6.47. The number of amides is 1. The molecule has 7 nitrogen and oxygen atoms in total. The van der Waals surface area contributed by atoms with E-state index in [2.05, 4.69) is 10.3 Å². The number of H-pyrrole nitrogens is 1. The molecular weight excluding hydrogens is 332 g/mol. The van der Waals surface area contributed by atoms with Gasteiger partial charge in [0.05, 0.1) is 24.4 Å². The average molecular weight is 346 g/mol. The molecule has 0 saturated heterocycles. The number of aromatic amines is 1. The maximum absolute atomic E-state index is 12.5. The second-order valence-corrected chi connectivity index (χ2v) is 5.81. The topological polar surface area (TPSA) is 101 Å². The highest BCUT2D eigenvalue weighted by molar-refractivity contribution is 7.17. The molecule has 0 fully saturated rings. The van der Waals surface area contributed by atoms with E-state index in [9.17, 15) is 14.7 Å². The van der Waals surface area contributed by atoms with Crippen molar-refractivity contribution < 1.29 is 19.4 Å². The number of pyridine rings is 1. The van der Waals surface area contributed by atoms with Crippen LogP contribution in [-0.4, -0.2) is 30.2 Å². The van der Waals surface area contributed by atoms with Crippen molar-refractivity contribution in [2.24, 2.45) is 0 Å². The van der Waals surface area contributed by atoms with Gasteiger partial charge >= 0.3 is 0 Å². The predicted molar refractivity (Wildman–Crippen MR) is 91.6 cm³/mol. The molecule has 3 N–H and O–H groups in total. The number of methoxy groups -OCH3 is 2. The van der Waals surface area contributed by atoms with Crippen LogP contribution in [0, 0.1) is 0 Å². The summed E-state index contributed by atoms with van der Waals surface area (Å²) in [7, 11) is 2.98. The molecule has 1 amide bonds. The number of ether oxygens (including phenoxy) is 2. The van der Waals surface area contributed by atoms with Crippen molar-refractivity contribution in [2.45, 2.75) is 0 Å². The molecule has 2 aromatic heterocycles. The minimum Gasteiger partial charge on any atom is -0.505 e. The third-order valence-corrected chi connectivity index (χ3v) is 4.35. The molecular formula is C16H14N2O5S. The first-order valence-electron chi connectivity index (χ1n) is 6.90. The number of hydrogen-bond donors (Lipinski definition) is 3. The van der Waals surface area contributed by atoms with Gasteiger partial charge in [0, 0.05) is 23.9 Å². The Balaban J connectivity index is 2.00. The van der Waals surface area contributed by atoms with Crippen LogP contribution >= 0.6 is 11.3 Å². The first-order valence-corrected chi connectivity index (χ1v) is 7.78. The average Bonchev–Trinajstić information content (AvgIpc) is 3.02. The fourth-order valence-corrected chi connectivity index (χ4v) is 3.08. The van der Waals surface area contributed by atoms with Crippen LogP contribution in [-0.2, 0) is 0 Å². The summed E-state index contributed by atoms with van der Waals surface area (Å²) < 4.78 is 10.7. The van der Waals surface area contributed by atoms with Gasteiger partial charge in [0.2, 0.25) is 0 Å². The Morgan fingerprint density at radius 1 is 1.21 bits per heavy atom. The zero-order valence-corrected chi connectivity index (χ0v) is 13.7. The number of aromatic nitrogens is 1. The molecule has 0 aliphatic heterocycles. The molecule has 0 saturated carbocycles. The molecule has 1 aromatic carbocycles. The van der Waals surface area contributed by atoms with Gasteiger partial charge in [-0.1, -0.05) is 0 Å². The second kappa shape index (κ2) is 6.25. The molecule has 24 heavy (non-hydrogen) atoms. The highest BCUT2D eigenvalue weighted by atomic mass is 32.1. The normalized spacial score (nSPS) is 10.6. The number of anilines is 1. The van der Waals surface area contributed by atoms with E-state index in [0.717, 1.165) is 0 Å². The monoisotopic (exact) mass is 346 g/mol.